The summed E-state index contributed by atoms with van der Waals surface area (Å²) in [5.41, 5.74) is -3.24. The number of hydrogen-bond donors (Lipinski definition) is 0. The molecule has 0 aromatic heterocycles. The van der Waals surface area contributed by atoms with Gasteiger partial charge in [-0.15, -0.1) is 0 Å². The molecule has 0 bridgehead atoms. The average molecular weight is 429 g/mol. The molecule has 8 nitrogen and oxygen atoms in total. The van der Waals surface area contributed by atoms with Crippen LogP contribution in [0.3, 0.4) is 0 Å². The van der Waals surface area contributed by atoms with E-state index in [0.29, 0.717) is 5.56 Å². The number of ether oxygens (including phenoxy) is 2. The summed E-state index contributed by atoms with van der Waals surface area (Å²) < 4.78 is 23.2. The van der Waals surface area contributed by atoms with E-state index in [1.807, 2.05) is 0 Å². The van der Waals surface area contributed by atoms with Gasteiger partial charge in [-0.05, 0) is 36.2 Å². The van der Waals surface area contributed by atoms with Crippen LogP contribution >= 0.6 is 0 Å². The number of nitro benzene ring substituents is 1. The lowest BCUT2D eigenvalue weighted by Crippen LogP contribution is -2.37. The van der Waals surface area contributed by atoms with Crippen LogP contribution in [0.25, 0.3) is 0 Å². The fraction of sp³-hybridized carbons (Fsp3) is 0.318. The second-order valence-electron chi connectivity index (χ2n) is 7.23. The molecule has 0 N–H and O–H groups in total. The summed E-state index contributed by atoms with van der Waals surface area (Å²) in [7, 11) is 2.20. The number of Topliss-reactive ketones (excluding diaryl/α,β-unsaturated/α-hetero) is 1. The van der Waals surface area contributed by atoms with Gasteiger partial charge in [0.25, 0.3) is 5.69 Å². The van der Waals surface area contributed by atoms with E-state index in [0.717, 1.165) is 26.4 Å². The normalized spacial score (nSPS) is 21.1. The van der Waals surface area contributed by atoms with Crippen LogP contribution in [0, 0.1) is 26.8 Å². The number of halogens is 1. The molecule has 2 aromatic carbocycles. The molecular weight excluding hydrogens is 409 g/mol. The molecule has 1 fully saturated rings. The Morgan fingerprint density at radius 2 is 1.52 bits per heavy atom. The van der Waals surface area contributed by atoms with Crippen molar-refractivity contribution >= 4 is 23.4 Å². The highest BCUT2D eigenvalue weighted by atomic mass is 19.1. The van der Waals surface area contributed by atoms with E-state index in [1.54, 1.807) is 6.92 Å². The molecule has 9 heteroatoms. The monoisotopic (exact) mass is 429 g/mol. The van der Waals surface area contributed by atoms with Crippen molar-refractivity contribution in [3.8, 4) is 0 Å². The Bertz CT molecular complexity index is 1030. The van der Waals surface area contributed by atoms with Crippen LogP contribution in [0.5, 0.6) is 0 Å². The number of carbonyl (C=O) groups is 3. The Hall–Kier alpha value is -3.62. The van der Waals surface area contributed by atoms with E-state index in [4.69, 9.17) is 9.47 Å². The van der Waals surface area contributed by atoms with Crippen molar-refractivity contribution in [3.63, 3.8) is 0 Å². The Morgan fingerprint density at radius 3 is 1.94 bits per heavy atom. The van der Waals surface area contributed by atoms with E-state index >= 15 is 0 Å². The third-order valence-electron chi connectivity index (χ3n) is 6.07. The molecule has 2 atom stereocenters. The van der Waals surface area contributed by atoms with E-state index < -0.39 is 45.2 Å². The topological polar surface area (TPSA) is 113 Å². The summed E-state index contributed by atoms with van der Waals surface area (Å²) in [5, 5.41) is 11.0. The highest BCUT2D eigenvalue weighted by Crippen LogP contribution is 2.77. The van der Waals surface area contributed by atoms with Crippen LogP contribution in [0.4, 0.5) is 10.1 Å². The van der Waals surface area contributed by atoms with Gasteiger partial charge < -0.3 is 9.47 Å². The first-order chi connectivity index (χ1) is 14.7. The number of nitro groups is 1. The van der Waals surface area contributed by atoms with Gasteiger partial charge in [0.2, 0.25) is 0 Å². The molecule has 1 saturated carbocycles. The zero-order chi connectivity index (χ0) is 23.0. The van der Waals surface area contributed by atoms with Crippen LogP contribution in [-0.2, 0) is 19.1 Å². The Morgan fingerprint density at radius 1 is 1.00 bits per heavy atom. The standard InChI is InChI=1S/C22H20FNO7/c1-4-21(18(25)14-5-9-15(23)10-6-14)17(13-7-11-16(12-8-13)24(28)29)22(21,19(26)30-2)20(27)31-3/h5-12,17H,4H2,1-3H3/t17-,21+/m1/s1. The summed E-state index contributed by atoms with van der Waals surface area (Å²) >= 11 is 0. The van der Waals surface area contributed by atoms with Crippen molar-refractivity contribution < 1.29 is 33.2 Å². The number of methoxy groups -OCH3 is 2. The third kappa shape index (κ3) is 2.99. The van der Waals surface area contributed by atoms with E-state index in [-0.39, 0.29) is 17.7 Å². The Labute approximate surface area is 177 Å². The second kappa shape index (κ2) is 7.90. The molecule has 0 radical (unpaired) electrons. The van der Waals surface area contributed by atoms with E-state index in [2.05, 4.69) is 0 Å². The number of rotatable bonds is 7. The van der Waals surface area contributed by atoms with Crippen molar-refractivity contribution in [1.29, 1.82) is 0 Å². The van der Waals surface area contributed by atoms with Crippen LogP contribution < -0.4 is 0 Å². The molecule has 3 rings (SSSR count). The van der Waals surface area contributed by atoms with E-state index in [1.165, 1.54) is 36.4 Å². The third-order valence-corrected chi connectivity index (χ3v) is 6.07. The molecule has 31 heavy (non-hydrogen) atoms. The summed E-state index contributed by atoms with van der Waals surface area (Å²) in [6.45, 7) is 1.65. The largest absolute Gasteiger partial charge is 0.468 e. The van der Waals surface area contributed by atoms with Crippen LogP contribution in [0.2, 0.25) is 0 Å². The average Bonchev–Trinajstić information content (AvgIpc) is 3.43. The maximum absolute atomic E-state index is 13.6. The zero-order valence-corrected chi connectivity index (χ0v) is 17.1. The summed E-state index contributed by atoms with van der Waals surface area (Å²) in [6, 6.07) is 10.0. The van der Waals surface area contributed by atoms with Crippen molar-refractivity contribution in [2.24, 2.45) is 10.8 Å². The van der Waals surface area contributed by atoms with Crippen molar-refractivity contribution in [3.05, 3.63) is 75.6 Å². The Kier molecular flexibility index (Phi) is 5.62. The molecule has 0 heterocycles. The number of non-ortho nitro benzene ring substituents is 1. The number of nitrogens with zero attached hydrogens (tertiary/aromatic N) is 1. The highest BCUT2D eigenvalue weighted by Gasteiger charge is 2.88. The van der Waals surface area contributed by atoms with Gasteiger partial charge in [0, 0.05) is 23.6 Å². The van der Waals surface area contributed by atoms with Gasteiger partial charge in [0.1, 0.15) is 5.82 Å². The minimum atomic E-state index is -1.98. The minimum absolute atomic E-state index is 0.0645. The molecule has 0 amide bonds. The van der Waals surface area contributed by atoms with E-state index in [9.17, 15) is 28.9 Å². The number of carbonyl (C=O) groups excluding carboxylic acids is 3. The molecule has 2 aromatic rings. The van der Waals surface area contributed by atoms with Crippen molar-refractivity contribution in [1.82, 2.24) is 0 Å². The predicted molar refractivity (Wildman–Crippen MR) is 106 cm³/mol. The first-order valence-electron chi connectivity index (χ1n) is 9.43. The lowest BCUT2D eigenvalue weighted by molar-refractivity contribution is -0.384. The zero-order valence-electron chi connectivity index (χ0n) is 17.1. The molecule has 0 spiro atoms. The molecule has 1 aliphatic rings. The van der Waals surface area contributed by atoms with Gasteiger partial charge in [-0.25, -0.2) is 4.39 Å². The molecule has 162 valence electrons. The highest BCUT2D eigenvalue weighted by molar-refractivity contribution is 6.18. The van der Waals surface area contributed by atoms with Gasteiger partial charge in [0.15, 0.2) is 11.2 Å². The molecule has 1 aliphatic carbocycles. The van der Waals surface area contributed by atoms with Crippen LogP contribution in [0.1, 0.15) is 35.2 Å². The first-order valence-corrected chi connectivity index (χ1v) is 9.43. The maximum atomic E-state index is 13.6. The molecular formula is C22H20FNO7. The Balaban J connectivity index is 2.24. The minimum Gasteiger partial charge on any atom is -0.468 e. The number of ketones is 1. The van der Waals surface area contributed by atoms with Gasteiger partial charge >= 0.3 is 11.9 Å². The van der Waals surface area contributed by atoms with Gasteiger partial charge in [-0.3, -0.25) is 24.5 Å². The maximum Gasteiger partial charge on any atom is 0.324 e. The quantitative estimate of drug-likeness (QED) is 0.218. The van der Waals surface area contributed by atoms with Crippen LogP contribution in [0.15, 0.2) is 48.5 Å². The molecule has 0 unspecified atom stereocenters. The predicted octanol–water partition coefficient (Wildman–Crippen LogP) is 3.44. The summed E-state index contributed by atoms with van der Waals surface area (Å²) in [5.74, 6) is -3.96. The summed E-state index contributed by atoms with van der Waals surface area (Å²) in [6.07, 6.45) is 0.0645. The lowest BCUT2D eigenvalue weighted by atomic mass is 9.83. The number of esters is 2. The first kappa shape index (κ1) is 22.1. The fourth-order valence-corrected chi connectivity index (χ4v) is 4.68. The number of benzene rings is 2. The summed E-state index contributed by atoms with van der Waals surface area (Å²) in [4.78, 5) is 50.0. The fourth-order valence-electron chi connectivity index (χ4n) is 4.68. The molecule has 0 saturated heterocycles. The van der Waals surface area contributed by atoms with Crippen molar-refractivity contribution in [2.75, 3.05) is 14.2 Å². The number of hydrogen-bond acceptors (Lipinski definition) is 7. The van der Waals surface area contributed by atoms with Gasteiger partial charge in [-0.2, -0.15) is 0 Å². The lowest BCUT2D eigenvalue weighted by Gasteiger charge is -2.20. The van der Waals surface area contributed by atoms with Gasteiger partial charge in [0.05, 0.1) is 24.6 Å². The smallest absolute Gasteiger partial charge is 0.324 e. The van der Waals surface area contributed by atoms with Gasteiger partial charge in [-0.1, -0.05) is 19.1 Å². The second-order valence-corrected chi connectivity index (χ2v) is 7.23. The SMILES string of the molecule is CC[C@@]1(C(=O)c2ccc(F)cc2)[C@@H](c2ccc([N+](=O)[O-])cc2)C1(C(=O)OC)C(=O)OC. The molecule has 0 aliphatic heterocycles. The van der Waals surface area contributed by atoms with Crippen molar-refractivity contribution in [2.45, 2.75) is 19.3 Å². The van der Waals surface area contributed by atoms with Crippen LogP contribution in [-0.4, -0.2) is 36.9 Å².